The Labute approximate surface area is 147 Å². The normalized spacial score (nSPS) is 11.0. The number of pyridine rings is 1. The number of ether oxygens (including phenoxy) is 1. The minimum atomic E-state index is 0.00637. The summed E-state index contributed by atoms with van der Waals surface area (Å²) in [6, 6.07) is 13.2. The van der Waals surface area contributed by atoms with Gasteiger partial charge in [-0.2, -0.15) is 0 Å². The SMILES string of the molecule is CC(C)CN(C)C(=O)c1cccc(OCc2cn3ccccc3n2)c1. The number of hydrogen-bond donors (Lipinski definition) is 0. The summed E-state index contributed by atoms with van der Waals surface area (Å²) in [5.41, 5.74) is 2.37. The first kappa shape index (κ1) is 17.0. The fourth-order valence-corrected chi connectivity index (χ4v) is 2.78. The van der Waals surface area contributed by atoms with E-state index >= 15 is 0 Å². The lowest BCUT2D eigenvalue weighted by molar-refractivity contribution is 0.0778. The summed E-state index contributed by atoms with van der Waals surface area (Å²) in [6.07, 6.45) is 3.90. The zero-order chi connectivity index (χ0) is 17.8. The number of fused-ring (bicyclic) bond motifs is 1. The maximum atomic E-state index is 12.5. The van der Waals surface area contributed by atoms with Crippen LogP contribution in [0.4, 0.5) is 0 Å². The van der Waals surface area contributed by atoms with E-state index in [0.717, 1.165) is 17.9 Å². The molecule has 0 bridgehead atoms. The van der Waals surface area contributed by atoms with Crippen LogP contribution in [0.3, 0.4) is 0 Å². The molecular formula is C20H23N3O2. The van der Waals surface area contributed by atoms with Gasteiger partial charge in [-0.1, -0.05) is 26.0 Å². The number of carbonyl (C=O) groups excluding carboxylic acids is 1. The highest BCUT2D eigenvalue weighted by atomic mass is 16.5. The average molecular weight is 337 g/mol. The number of rotatable bonds is 6. The van der Waals surface area contributed by atoms with Crippen LogP contribution in [0.15, 0.2) is 54.9 Å². The summed E-state index contributed by atoms with van der Waals surface area (Å²) in [7, 11) is 1.83. The third-order valence-corrected chi connectivity index (χ3v) is 3.87. The van der Waals surface area contributed by atoms with Crippen LogP contribution in [0.1, 0.15) is 29.9 Å². The quantitative estimate of drug-likeness (QED) is 0.690. The van der Waals surface area contributed by atoms with E-state index in [-0.39, 0.29) is 5.91 Å². The van der Waals surface area contributed by atoms with Crippen molar-refractivity contribution >= 4 is 11.6 Å². The summed E-state index contributed by atoms with van der Waals surface area (Å²) in [5, 5.41) is 0. The Hall–Kier alpha value is -2.82. The Morgan fingerprint density at radius 1 is 1.24 bits per heavy atom. The number of carbonyl (C=O) groups is 1. The summed E-state index contributed by atoms with van der Waals surface area (Å²) in [6.45, 7) is 5.28. The maximum absolute atomic E-state index is 12.5. The first-order valence-corrected chi connectivity index (χ1v) is 8.44. The molecule has 2 aromatic heterocycles. The monoisotopic (exact) mass is 337 g/mol. The lowest BCUT2D eigenvalue weighted by Gasteiger charge is -2.19. The molecule has 1 aromatic carbocycles. The van der Waals surface area contributed by atoms with Gasteiger partial charge in [0.2, 0.25) is 0 Å². The highest BCUT2D eigenvalue weighted by molar-refractivity contribution is 5.94. The fourth-order valence-electron chi connectivity index (χ4n) is 2.78. The Kier molecular flexibility index (Phi) is 5.03. The zero-order valence-corrected chi connectivity index (χ0v) is 14.8. The molecule has 0 aliphatic heterocycles. The van der Waals surface area contributed by atoms with Gasteiger partial charge in [-0.25, -0.2) is 4.98 Å². The third-order valence-electron chi connectivity index (χ3n) is 3.87. The van der Waals surface area contributed by atoms with E-state index in [1.54, 1.807) is 11.0 Å². The standard InChI is InChI=1S/C20H23N3O2/c1-15(2)12-22(3)20(24)16-7-6-8-18(11-16)25-14-17-13-23-10-5-4-9-19(23)21-17/h4-11,13,15H,12,14H2,1-3H3. The van der Waals surface area contributed by atoms with Gasteiger partial charge in [-0.15, -0.1) is 0 Å². The first-order valence-electron chi connectivity index (χ1n) is 8.44. The molecule has 130 valence electrons. The highest BCUT2D eigenvalue weighted by Gasteiger charge is 2.13. The summed E-state index contributed by atoms with van der Waals surface area (Å²) >= 11 is 0. The molecular weight excluding hydrogens is 314 g/mol. The smallest absolute Gasteiger partial charge is 0.253 e. The lowest BCUT2D eigenvalue weighted by atomic mass is 10.1. The molecule has 0 unspecified atom stereocenters. The lowest BCUT2D eigenvalue weighted by Crippen LogP contribution is -2.30. The van der Waals surface area contributed by atoms with Gasteiger partial charge in [0.15, 0.2) is 0 Å². The van der Waals surface area contributed by atoms with Gasteiger partial charge in [0.25, 0.3) is 5.91 Å². The molecule has 5 heteroatoms. The number of hydrogen-bond acceptors (Lipinski definition) is 3. The molecule has 3 aromatic rings. The molecule has 3 rings (SSSR count). The van der Waals surface area contributed by atoms with Crippen LogP contribution in [0, 0.1) is 5.92 Å². The molecule has 0 fully saturated rings. The number of nitrogens with zero attached hydrogens (tertiary/aromatic N) is 3. The van der Waals surface area contributed by atoms with Gasteiger partial charge < -0.3 is 14.0 Å². The summed E-state index contributed by atoms with van der Waals surface area (Å²) in [5.74, 6) is 1.11. The van der Waals surface area contributed by atoms with Gasteiger partial charge in [0.05, 0.1) is 5.69 Å². The second kappa shape index (κ2) is 7.38. The van der Waals surface area contributed by atoms with Crippen molar-refractivity contribution in [2.45, 2.75) is 20.5 Å². The van der Waals surface area contributed by atoms with E-state index in [1.807, 2.05) is 60.2 Å². The molecule has 0 spiro atoms. The fraction of sp³-hybridized carbons (Fsp3) is 0.300. The summed E-state index contributed by atoms with van der Waals surface area (Å²) < 4.78 is 7.78. The maximum Gasteiger partial charge on any atom is 0.253 e. The van der Waals surface area contributed by atoms with Crippen molar-refractivity contribution < 1.29 is 9.53 Å². The van der Waals surface area contributed by atoms with Crippen molar-refractivity contribution in [1.29, 1.82) is 0 Å². The third kappa shape index (κ3) is 4.18. The van der Waals surface area contributed by atoms with E-state index in [1.165, 1.54) is 0 Å². The summed E-state index contributed by atoms with van der Waals surface area (Å²) in [4.78, 5) is 18.7. The second-order valence-corrected chi connectivity index (χ2v) is 6.59. The van der Waals surface area contributed by atoms with Crippen molar-refractivity contribution in [3.63, 3.8) is 0 Å². The minimum Gasteiger partial charge on any atom is -0.487 e. The predicted octanol–water partition coefficient (Wildman–Crippen LogP) is 3.64. The first-order chi connectivity index (χ1) is 12.0. The highest BCUT2D eigenvalue weighted by Crippen LogP contribution is 2.17. The van der Waals surface area contributed by atoms with E-state index in [4.69, 9.17) is 4.74 Å². The number of imidazole rings is 1. The van der Waals surface area contributed by atoms with Crippen molar-refractivity contribution in [2.75, 3.05) is 13.6 Å². The Balaban J connectivity index is 1.68. The molecule has 0 saturated heterocycles. The molecule has 25 heavy (non-hydrogen) atoms. The van der Waals surface area contributed by atoms with E-state index in [9.17, 15) is 4.79 Å². The van der Waals surface area contributed by atoms with Gasteiger partial charge in [0.1, 0.15) is 18.0 Å². The minimum absolute atomic E-state index is 0.00637. The van der Waals surface area contributed by atoms with Crippen molar-refractivity contribution in [3.8, 4) is 5.75 Å². The molecule has 0 saturated carbocycles. The Bertz CT molecular complexity index is 837. The van der Waals surface area contributed by atoms with Crippen LogP contribution in [0.5, 0.6) is 5.75 Å². The second-order valence-electron chi connectivity index (χ2n) is 6.59. The van der Waals surface area contributed by atoms with E-state index in [0.29, 0.717) is 23.8 Å². The van der Waals surface area contributed by atoms with Crippen LogP contribution in [0.2, 0.25) is 0 Å². The predicted molar refractivity (Wildman–Crippen MR) is 97.8 cm³/mol. The molecule has 1 amide bonds. The van der Waals surface area contributed by atoms with Crippen LogP contribution in [-0.4, -0.2) is 33.8 Å². The van der Waals surface area contributed by atoms with E-state index < -0.39 is 0 Å². The Morgan fingerprint density at radius 2 is 2.08 bits per heavy atom. The van der Waals surface area contributed by atoms with Crippen molar-refractivity contribution in [1.82, 2.24) is 14.3 Å². The van der Waals surface area contributed by atoms with Crippen molar-refractivity contribution in [3.05, 3.63) is 66.1 Å². The molecule has 0 atom stereocenters. The van der Waals surface area contributed by atoms with Gasteiger partial charge in [0, 0.05) is 31.5 Å². The van der Waals surface area contributed by atoms with Crippen molar-refractivity contribution in [2.24, 2.45) is 5.92 Å². The number of aromatic nitrogens is 2. The molecule has 0 aliphatic rings. The molecule has 0 radical (unpaired) electrons. The van der Waals surface area contributed by atoms with Crippen LogP contribution in [-0.2, 0) is 6.61 Å². The number of amides is 1. The zero-order valence-electron chi connectivity index (χ0n) is 14.8. The molecule has 0 N–H and O–H groups in total. The van der Waals surface area contributed by atoms with Crippen LogP contribution >= 0.6 is 0 Å². The van der Waals surface area contributed by atoms with E-state index in [2.05, 4.69) is 18.8 Å². The van der Waals surface area contributed by atoms with Crippen LogP contribution < -0.4 is 4.74 Å². The van der Waals surface area contributed by atoms with Crippen LogP contribution in [0.25, 0.3) is 5.65 Å². The molecule has 2 heterocycles. The van der Waals surface area contributed by atoms with Gasteiger partial charge in [-0.3, -0.25) is 4.79 Å². The topological polar surface area (TPSA) is 46.8 Å². The van der Waals surface area contributed by atoms with Gasteiger partial charge >= 0.3 is 0 Å². The average Bonchev–Trinajstić information content (AvgIpc) is 3.02. The Morgan fingerprint density at radius 3 is 2.84 bits per heavy atom. The molecule has 0 aliphatic carbocycles. The van der Waals surface area contributed by atoms with Gasteiger partial charge in [-0.05, 0) is 36.2 Å². The number of benzene rings is 1. The largest absolute Gasteiger partial charge is 0.487 e. The molecule has 5 nitrogen and oxygen atoms in total.